The molecule has 1 aromatic carbocycles. The molecule has 8 nitrogen and oxygen atoms in total. The second kappa shape index (κ2) is 5.68. The highest BCUT2D eigenvalue weighted by Crippen LogP contribution is 2.27. The highest BCUT2D eigenvalue weighted by atomic mass is 16.6. The average Bonchev–Trinajstić information content (AvgIpc) is 3.01. The number of hydrogen-bond acceptors (Lipinski definition) is 6. The second-order valence-electron chi connectivity index (χ2n) is 4.60. The van der Waals surface area contributed by atoms with Crippen LogP contribution in [0.2, 0.25) is 0 Å². The lowest BCUT2D eigenvalue weighted by Crippen LogP contribution is -1.92. The van der Waals surface area contributed by atoms with Crippen LogP contribution in [0.1, 0.15) is 11.3 Å². The number of benzene rings is 1. The van der Waals surface area contributed by atoms with E-state index in [-0.39, 0.29) is 17.1 Å². The molecule has 8 heteroatoms. The number of furan rings is 1. The predicted molar refractivity (Wildman–Crippen MR) is 82.7 cm³/mol. The molecular weight excluding hydrogens is 302 g/mol. The maximum absolute atomic E-state index is 11.0. The lowest BCUT2D eigenvalue weighted by molar-refractivity contribution is -0.402. The van der Waals surface area contributed by atoms with Crippen LogP contribution in [0.5, 0.6) is 0 Å². The van der Waals surface area contributed by atoms with Crippen molar-refractivity contribution >= 4 is 34.6 Å². The molecule has 2 aromatic heterocycles. The van der Waals surface area contributed by atoms with E-state index in [4.69, 9.17) is 4.42 Å². The van der Waals surface area contributed by atoms with Crippen molar-refractivity contribution in [3.63, 3.8) is 0 Å². The lowest BCUT2D eigenvalue weighted by Gasteiger charge is -2.01. The van der Waals surface area contributed by atoms with Crippen molar-refractivity contribution in [1.29, 1.82) is 0 Å². The Labute approximate surface area is 129 Å². The summed E-state index contributed by atoms with van der Waals surface area (Å²) < 4.78 is 5.03. The number of non-ortho nitro benzene ring substituents is 1. The molecule has 0 amide bonds. The summed E-state index contributed by atoms with van der Waals surface area (Å²) in [6.45, 7) is 0. The minimum absolute atomic E-state index is 0.0774. The predicted octanol–water partition coefficient (Wildman–Crippen LogP) is 3.81. The maximum Gasteiger partial charge on any atom is 0.433 e. The van der Waals surface area contributed by atoms with Crippen LogP contribution in [0.3, 0.4) is 0 Å². The number of rotatable bonds is 4. The zero-order valence-corrected chi connectivity index (χ0v) is 11.6. The molecule has 0 radical (unpaired) electrons. The first-order valence-electron chi connectivity index (χ1n) is 6.50. The summed E-state index contributed by atoms with van der Waals surface area (Å²) in [5.41, 5.74) is 0.897. The Morgan fingerprint density at radius 1 is 1.00 bits per heavy atom. The second-order valence-corrected chi connectivity index (χ2v) is 4.60. The van der Waals surface area contributed by atoms with Crippen LogP contribution in [0.25, 0.3) is 23.1 Å². The van der Waals surface area contributed by atoms with Crippen LogP contribution in [0.15, 0.2) is 47.0 Å². The van der Waals surface area contributed by atoms with Crippen molar-refractivity contribution in [2.45, 2.75) is 0 Å². The highest BCUT2D eigenvalue weighted by Gasteiger charge is 2.14. The smallest absolute Gasteiger partial charge is 0.401 e. The Balaban J connectivity index is 2.03. The molecule has 0 aliphatic rings. The molecule has 3 aromatic rings. The zero-order chi connectivity index (χ0) is 16.4. The fourth-order valence-electron chi connectivity index (χ4n) is 2.18. The Hall–Kier alpha value is -3.55. The van der Waals surface area contributed by atoms with Gasteiger partial charge in [-0.15, -0.1) is 0 Å². The van der Waals surface area contributed by atoms with Crippen molar-refractivity contribution in [2.24, 2.45) is 0 Å². The van der Waals surface area contributed by atoms with Crippen molar-refractivity contribution in [3.05, 3.63) is 74.1 Å². The molecule has 0 atom stereocenters. The molecule has 0 saturated heterocycles. The standard InChI is InChI=1S/C15H9N3O5/c19-17(20)13-3-1-2-12-10(8-9-16-15(12)13)4-5-11-6-7-14(23-11)18(21)22/h1-9H. The molecule has 114 valence electrons. The SMILES string of the molecule is O=[N+]([O-])c1ccc(C=Cc2ccnc3c([N+](=O)[O-])cccc23)o1. The minimum atomic E-state index is -0.622. The summed E-state index contributed by atoms with van der Waals surface area (Å²) in [6, 6.07) is 9.12. The number of nitro benzene ring substituents is 1. The van der Waals surface area contributed by atoms with E-state index >= 15 is 0 Å². The van der Waals surface area contributed by atoms with Gasteiger partial charge < -0.3 is 4.42 Å². The van der Waals surface area contributed by atoms with Crippen molar-refractivity contribution in [2.75, 3.05) is 0 Å². The Kier molecular flexibility index (Phi) is 3.55. The normalized spacial score (nSPS) is 11.1. The van der Waals surface area contributed by atoms with E-state index < -0.39 is 9.85 Å². The van der Waals surface area contributed by atoms with E-state index in [1.54, 1.807) is 30.4 Å². The molecular formula is C15H9N3O5. The molecule has 0 aliphatic heterocycles. The summed E-state index contributed by atoms with van der Waals surface area (Å²) in [7, 11) is 0. The fourth-order valence-corrected chi connectivity index (χ4v) is 2.18. The molecule has 0 aliphatic carbocycles. The Morgan fingerprint density at radius 2 is 1.83 bits per heavy atom. The first kappa shape index (κ1) is 14.4. The van der Waals surface area contributed by atoms with Crippen molar-refractivity contribution in [3.8, 4) is 0 Å². The molecule has 0 fully saturated rings. The van der Waals surface area contributed by atoms with Gasteiger partial charge in [-0.05, 0) is 23.8 Å². The molecule has 0 N–H and O–H groups in total. The van der Waals surface area contributed by atoms with E-state index in [1.165, 1.54) is 24.4 Å². The first-order valence-corrected chi connectivity index (χ1v) is 6.50. The van der Waals surface area contributed by atoms with Crippen molar-refractivity contribution in [1.82, 2.24) is 4.98 Å². The Bertz CT molecular complexity index is 945. The lowest BCUT2D eigenvalue weighted by atomic mass is 10.1. The van der Waals surface area contributed by atoms with E-state index in [0.29, 0.717) is 16.7 Å². The van der Waals surface area contributed by atoms with Gasteiger partial charge in [-0.3, -0.25) is 20.2 Å². The van der Waals surface area contributed by atoms with Gasteiger partial charge in [0.1, 0.15) is 16.2 Å². The zero-order valence-electron chi connectivity index (χ0n) is 11.6. The van der Waals surface area contributed by atoms with Crippen LogP contribution in [0.4, 0.5) is 11.6 Å². The highest BCUT2D eigenvalue weighted by molar-refractivity contribution is 5.94. The average molecular weight is 311 g/mol. The molecule has 0 spiro atoms. The molecule has 3 rings (SSSR count). The van der Waals surface area contributed by atoms with Gasteiger partial charge in [-0.2, -0.15) is 0 Å². The van der Waals surface area contributed by atoms with Gasteiger partial charge in [0.05, 0.1) is 11.0 Å². The number of para-hydroxylation sites is 1. The minimum Gasteiger partial charge on any atom is -0.401 e. The summed E-state index contributed by atoms with van der Waals surface area (Å²) in [4.78, 5) is 24.6. The van der Waals surface area contributed by atoms with E-state index in [0.717, 1.165) is 0 Å². The van der Waals surface area contributed by atoms with Crippen LogP contribution in [-0.2, 0) is 0 Å². The fraction of sp³-hybridized carbons (Fsp3) is 0. The quantitative estimate of drug-likeness (QED) is 0.534. The third-order valence-corrected chi connectivity index (χ3v) is 3.20. The van der Waals surface area contributed by atoms with E-state index in [9.17, 15) is 20.2 Å². The summed E-state index contributed by atoms with van der Waals surface area (Å²) >= 11 is 0. The first-order chi connectivity index (χ1) is 11.1. The number of aromatic nitrogens is 1. The number of nitro groups is 2. The van der Waals surface area contributed by atoms with Gasteiger partial charge >= 0.3 is 5.88 Å². The molecule has 2 heterocycles. The third-order valence-electron chi connectivity index (χ3n) is 3.20. The Morgan fingerprint density at radius 3 is 2.52 bits per heavy atom. The van der Waals surface area contributed by atoms with Crippen LogP contribution < -0.4 is 0 Å². The largest absolute Gasteiger partial charge is 0.433 e. The van der Waals surface area contributed by atoms with E-state index in [2.05, 4.69) is 4.98 Å². The van der Waals surface area contributed by atoms with E-state index in [1.807, 2.05) is 0 Å². The van der Waals surface area contributed by atoms with Crippen LogP contribution in [0, 0.1) is 20.2 Å². The van der Waals surface area contributed by atoms with Gasteiger partial charge in [-0.1, -0.05) is 18.2 Å². The summed E-state index contributed by atoms with van der Waals surface area (Å²) in [6.07, 6.45) is 4.69. The number of fused-ring (bicyclic) bond motifs is 1. The van der Waals surface area contributed by atoms with Gasteiger partial charge in [0.2, 0.25) is 0 Å². The monoisotopic (exact) mass is 311 g/mol. The van der Waals surface area contributed by atoms with Gasteiger partial charge in [0.25, 0.3) is 5.69 Å². The van der Waals surface area contributed by atoms with Gasteiger partial charge in [0, 0.05) is 17.6 Å². The maximum atomic E-state index is 11.0. The van der Waals surface area contributed by atoms with Gasteiger partial charge in [-0.25, -0.2) is 4.98 Å². The molecule has 0 bridgehead atoms. The summed E-state index contributed by atoms with van der Waals surface area (Å²) in [5, 5.41) is 22.2. The topological polar surface area (TPSA) is 112 Å². The number of pyridine rings is 1. The van der Waals surface area contributed by atoms with Crippen molar-refractivity contribution < 1.29 is 14.3 Å². The number of hydrogen-bond donors (Lipinski definition) is 0. The third kappa shape index (κ3) is 2.77. The molecule has 0 unspecified atom stereocenters. The number of nitrogens with zero attached hydrogens (tertiary/aromatic N) is 3. The summed E-state index contributed by atoms with van der Waals surface area (Å²) in [5.74, 6) is -0.0352. The molecule has 0 saturated carbocycles. The van der Waals surface area contributed by atoms with Crippen LogP contribution >= 0.6 is 0 Å². The molecule has 23 heavy (non-hydrogen) atoms. The van der Waals surface area contributed by atoms with Gasteiger partial charge in [0.15, 0.2) is 0 Å². The van der Waals surface area contributed by atoms with Crippen LogP contribution in [-0.4, -0.2) is 14.8 Å².